The molecule has 0 saturated heterocycles. The second-order valence-electron chi connectivity index (χ2n) is 4.56. The molecule has 0 aliphatic carbocycles. The number of nitrogens with two attached hydrogens (primary N) is 1. The molecule has 0 aromatic heterocycles. The maximum atomic E-state index is 5.55. The first kappa shape index (κ1) is 12.9. The van der Waals surface area contributed by atoms with E-state index in [1.807, 2.05) is 0 Å². The summed E-state index contributed by atoms with van der Waals surface area (Å²) < 4.78 is 0. The minimum Gasteiger partial charge on any atom is -0.330 e. The summed E-state index contributed by atoms with van der Waals surface area (Å²) in [4.78, 5) is 0. The summed E-state index contributed by atoms with van der Waals surface area (Å²) in [7, 11) is 0. The zero-order chi connectivity index (χ0) is 10.2. The molecule has 0 aliphatic rings. The maximum Gasteiger partial charge on any atom is -0.00487 e. The van der Waals surface area contributed by atoms with Gasteiger partial charge in [-0.1, -0.05) is 20.8 Å². The average molecular weight is 186 g/mol. The molecule has 3 N–H and O–H groups in total. The van der Waals surface area contributed by atoms with Gasteiger partial charge in [-0.05, 0) is 50.7 Å². The van der Waals surface area contributed by atoms with E-state index in [4.69, 9.17) is 5.73 Å². The molecule has 0 aromatic rings. The molecule has 0 unspecified atom stereocenters. The van der Waals surface area contributed by atoms with E-state index in [-0.39, 0.29) is 0 Å². The molecule has 0 bridgehead atoms. The van der Waals surface area contributed by atoms with E-state index in [1.54, 1.807) is 0 Å². The van der Waals surface area contributed by atoms with Crippen LogP contribution >= 0.6 is 0 Å². The van der Waals surface area contributed by atoms with Gasteiger partial charge < -0.3 is 11.1 Å². The molecular weight excluding hydrogens is 160 g/mol. The Balaban J connectivity index is 3.29. The highest BCUT2D eigenvalue weighted by Gasteiger charge is 2.15. The Kier molecular flexibility index (Phi) is 7.29. The summed E-state index contributed by atoms with van der Waals surface area (Å²) in [5.74, 6) is 0. The van der Waals surface area contributed by atoms with Crippen LogP contribution in [0, 0.1) is 5.41 Å². The number of rotatable bonds is 8. The summed E-state index contributed by atoms with van der Waals surface area (Å²) in [5.41, 5.74) is 5.98. The van der Waals surface area contributed by atoms with Crippen molar-refractivity contribution in [2.24, 2.45) is 11.1 Å². The monoisotopic (exact) mass is 186 g/mol. The van der Waals surface area contributed by atoms with E-state index < -0.39 is 0 Å². The Bertz CT molecular complexity index is 111. The van der Waals surface area contributed by atoms with Crippen molar-refractivity contribution in [3.05, 3.63) is 0 Å². The molecule has 0 spiro atoms. The predicted octanol–water partition coefficient (Wildman–Crippen LogP) is 2.14. The number of hydrogen-bond acceptors (Lipinski definition) is 2. The summed E-state index contributed by atoms with van der Waals surface area (Å²) in [5, 5.41) is 3.42. The number of nitrogens with one attached hydrogen (secondary N) is 1. The molecule has 0 radical (unpaired) electrons. The lowest BCUT2D eigenvalue weighted by atomic mass is 9.84. The highest BCUT2D eigenvalue weighted by Crippen LogP contribution is 2.25. The molecule has 13 heavy (non-hydrogen) atoms. The van der Waals surface area contributed by atoms with Crippen molar-refractivity contribution >= 4 is 0 Å². The third kappa shape index (κ3) is 8.26. The van der Waals surface area contributed by atoms with Gasteiger partial charge in [0.2, 0.25) is 0 Å². The normalized spacial score (nSPS) is 12.0. The average Bonchev–Trinajstić information content (AvgIpc) is 2.04. The van der Waals surface area contributed by atoms with Gasteiger partial charge in [-0.3, -0.25) is 0 Å². The first-order chi connectivity index (χ1) is 6.12. The standard InChI is InChI=1S/C11H26N2/c1-4-9-13-10-5-6-11(2,3)7-8-12/h13H,4-10,12H2,1-3H3. The quantitative estimate of drug-likeness (QED) is 0.570. The van der Waals surface area contributed by atoms with Crippen LogP contribution < -0.4 is 11.1 Å². The Morgan fingerprint density at radius 1 is 1.15 bits per heavy atom. The lowest BCUT2D eigenvalue weighted by Crippen LogP contribution is -2.21. The van der Waals surface area contributed by atoms with Crippen molar-refractivity contribution in [3.63, 3.8) is 0 Å². The first-order valence-electron chi connectivity index (χ1n) is 5.53. The molecule has 2 nitrogen and oxygen atoms in total. The van der Waals surface area contributed by atoms with Gasteiger partial charge in [-0.15, -0.1) is 0 Å². The van der Waals surface area contributed by atoms with Crippen LogP contribution in [-0.2, 0) is 0 Å². The van der Waals surface area contributed by atoms with E-state index in [1.165, 1.54) is 19.3 Å². The van der Waals surface area contributed by atoms with Crippen LogP contribution in [0.3, 0.4) is 0 Å². The molecular formula is C11H26N2. The minimum absolute atomic E-state index is 0.433. The molecule has 0 saturated carbocycles. The van der Waals surface area contributed by atoms with Gasteiger partial charge >= 0.3 is 0 Å². The fourth-order valence-corrected chi connectivity index (χ4v) is 1.51. The largest absolute Gasteiger partial charge is 0.330 e. The van der Waals surface area contributed by atoms with Gasteiger partial charge in [0.15, 0.2) is 0 Å². The van der Waals surface area contributed by atoms with Crippen molar-refractivity contribution in [3.8, 4) is 0 Å². The predicted molar refractivity (Wildman–Crippen MR) is 59.8 cm³/mol. The molecule has 0 aliphatic heterocycles. The van der Waals surface area contributed by atoms with Gasteiger partial charge in [0.25, 0.3) is 0 Å². The molecule has 0 rings (SSSR count). The summed E-state index contributed by atoms with van der Waals surface area (Å²) in [6, 6.07) is 0. The molecule has 2 heteroatoms. The minimum atomic E-state index is 0.433. The third-order valence-corrected chi connectivity index (χ3v) is 2.45. The van der Waals surface area contributed by atoms with Gasteiger partial charge in [-0.2, -0.15) is 0 Å². The first-order valence-corrected chi connectivity index (χ1v) is 5.53. The Labute approximate surface area is 83.3 Å². The molecule has 0 atom stereocenters. The Morgan fingerprint density at radius 3 is 2.38 bits per heavy atom. The summed E-state index contributed by atoms with van der Waals surface area (Å²) in [6.07, 6.45) is 4.92. The van der Waals surface area contributed by atoms with Crippen molar-refractivity contribution in [2.75, 3.05) is 19.6 Å². The molecule has 0 amide bonds. The fraction of sp³-hybridized carbons (Fsp3) is 1.00. The summed E-state index contributed by atoms with van der Waals surface area (Å²) >= 11 is 0. The Morgan fingerprint density at radius 2 is 1.85 bits per heavy atom. The molecule has 0 fully saturated rings. The second kappa shape index (κ2) is 7.34. The van der Waals surface area contributed by atoms with Gasteiger partial charge in [0.1, 0.15) is 0 Å². The van der Waals surface area contributed by atoms with E-state index in [2.05, 4.69) is 26.1 Å². The maximum absolute atomic E-state index is 5.55. The van der Waals surface area contributed by atoms with Crippen molar-refractivity contribution in [1.82, 2.24) is 5.32 Å². The van der Waals surface area contributed by atoms with Gasteiger partial charge in [0.05, 0.1) is 0 Å². The van der Waals surface area contributed by atoms with E-state index >= 15 is 0 Å². The molecule has 0 aromatic carbocycles. The van der Waals surface area contributed by atoms with Crippen LogP contribution in [-0.4, -0.2) is 19.6 Å². The van der Waals surface area contributed by atoms with Gasteiger partial charge in [0, 0.05) is 0 Å². The SMILES string of the molecule is CCCNCCCC(C)(C)CCN. The lowest BCUT2D eigenvalue weighted by molar-refractivity contribution is 0.302. The van der Waals surface area contributed by atoms with Crippen molar-refractivity contribution < 1.29 is 0 Å². The molecule has 0 heterocycles. The Hall–Kier alpha value is -0.0800. The van der Waals surface area contributed by atoms with Crippen molar-refractivity contribution in [1.29, 1.82) is 0 Å². The van der Waals surface area contributed by atoms with Crippen LogP contribution in [0.2, 0.25) is 0 Å². The highest BCUT2D eigenvalue weighted by molar-refractivity contribution is 4.69. The van der Waals surface area contributed by atoms with Crippen LogP contribution in [0.1, 0.15) is 46.5 Å². The number of hydrogen-bond donors (Lipinski definition) is 2. The van der Waals surface area contributed by atoms with E-state index in [9.17, 15) is 0 Å². The smallest absolute Gasteiger partial charge is 0.00487 e. The fourth-order valence-electron chi connectivity index (χ4n) is 1.51. The van der Waals surface area contributed by atoms with Crippen LogP contribution in [0.15, 0.2) is 0 Å². The highest BCUT2D eigenvalue weighted by atomic mass is 14.8. The topological polar surface area (TPSA) is 38.0 Å². The summed E-state index contributed by atoms with van der Waals surface area (Å²) in [6.45, 7) is 9.93. The zero-order valence-electron chi connectivity index (χ0n) is 9.53. The van der Waals surface area contributed by atoms with E-state index in [0.29, 0.717) is 5.41 Å². The van der Waals surface area contributed by atoms with Crippen LogP contribution in [0.25, 0.3) is 0 Å². The lowest BCUT2D eigenvalue weighted by Gasteiger charge is -2.23. The third-order valence-electron chi connectivity index (χ3n) is 2.45. The van der Waals surface area contributed by atoms with Crippen LogP contribution in [0.4, 0.5) is 0 Å². The van der Waals surface area contributed by atoms with E-state index in [0.717, 1.165) is 26.1 Å². The second-order valence-corrected chi connectivity index (χ2v) is 4.56. The van der Waals surface area contributed by atoms with Gasteiger partial charge in [-0.25, -0.2) is 0 Å². The molecule has 80 valence electrons. The van der Waals surface area contributed by atoms with Crippen LogP contribution in [0.5, 0.6) is 0 Å². The van der Waals surface area contributed by atoms with Crippen molar-refractivity contribution in [2.45, 2.75) is 46.5 Å². The zero-order valence-corrected chi connectivity index (χ0v) is 9.53.